The molecule has 3 rings (SSSR count). The third-order valence-corrected chi connectivity index (χ3v) is 6.79. The van der Waals surface area contributed by atoms with Gasteiger partial charge in [-0.1, -0.05) is 32.4 Å². The zero-order valence-corrected chi connectivity index (χ0v) is 12.3. The van der Waals surface area contributed by atoms with Crippen molar-refractivity contribution in [3.05, 3.63) is 11.6 Å². The molecule has 0 saturated heterocycles. The number of rotatable bonds is 0. The minimum Gasteiger partial charge on any atom is -0.299 e. The van der Waals surface area contributed by atoms with Gasteiger partial charge < -0.3 is 0 Å². The minimum absolute atomic E-state index is 0.0241. The summed E-state index contributed by atoms with van der Waals surface area (Å²) in [7, 11) is 0. The van der Waals surface area contributed by atoms with Crippen LogP contribution in [0.5, 0.6) is 0 Å². The molecule has 4 unspecified atom stereocenters. The van der Waals surface area contributed by atoms with Gasteiger partial charge in [0.1, 0.15) is 5.78 Å². The molecule has 0 heterocycles. The summed E-state index contributed by atoms with van der Waals surface area (Å²) in [6.45, 7) is 9.37. The molecule has 3 aliphatic rings. The number of carbonyl (C=O) groups is 1. The van der Waals surface area contributed by atoms with Gasteiger partial charge in [-0.25, -0.2) is 0 Å². The Bertz CT molecular complexity index is 417. The van der Waals surface area contributed by atoms with E-state index in [1.807, 2.05) is 0 Å². The van der Waals surface area contributed by atoms with Crippen LogP contribution in [-0.2, 0) is 4.79 Å². The van der Waals surface area contributed by atoms with E-state index < -0.39 is 0 Å². The third kappa shape index (κ3) is 1.42. The first-order valence-electron chi connectivity index (χ1n) is 7.58. The molecule has 18 heavy (non-hydrogen) atoms. The Labute approximate surface area is 111 Å². The van der Waals surface area contributed by atoms with Crippen LogP contribution < -0.4 is 0 Å². The topological polar surface area (TPSA) is 17.1 Å². The maximum absolute atomic E-state index is 12.2. The molecule has 0 spiro atoms. The molecule has 1 nitrogen and oxygen atoms in total. The van der Waals surface area contributed by atoms with E-state index in [1.54, 1.807) is 5.57 Å². The summed E-state index contributed by atoms with van der Waals surface area (Å²) < 4.78 is 0. The number of carbonyl (C=O) groups excluding carboxylic acids is 1. The van der Waals surface area contributed by atoms with Gasteiger partial charge in [-0.2, -0.15) is 0 Å². The molecule has 0 amide bonds. The van der Waals surface area contributed by atoms with E-state index in [2.05, 4.69) is 33.8 Å². The zero-order valence-electron chi connectivity index (χ0n) is 12.3. The first kappa shape index (κ1) is 12.4. The average Bonchev–Trinajstić information content (AvgIpc) is 2.61. The van der Waals surface area contributed by atoms with E-state index in [1.165, 1.54) is 12.8 Å². The van der Waals surface area contributed by atoms with E-state index in [0.717, 1.165) is 31.1 Å². The van der Waals surface area contributed by atoms with Crippen molar-refractivity contribution >= 4 is 5.78 Å². The fourth-order valence-electron chi connectivity index (χ4n) is 5.15. The Kier molecular flexibility index (Phi) is 2.56. The number of allylic oxidation sites excluding steroid dienone is 2. The number of Topliss-reactive ketones (excluding diaryl/α,β-unsaturated/α-hetero) is 1. The first-order valence-corrected chi connectivity index (χ1v) is 7.58. The van der Waals surface area contributed by atoms with Crippen molar-refractivity contribution in [1.82, 2.24) is 0 Å². The van der Waals surface area contributed by atoms with Crippen molar-refractivity contribution in [2.24, 2.45) is 28.6 Å². The lowest BCUT2D eigenvalue weighted by atomic mass is 9.51. The van der Waals surface area contributed by atoms with E-state index in [4.69, 9.17) is 0 Å². The molecule has 3 aliphatic carbocycles. The molecule has 0 aromatic rings. The maximum Gasteiger partial charge on any atom is 0.139 e. The van der Waals surface area contributed by atoms with E-state index in [9.17, 15) is 4.79 Å². The molecule has 4 atom stereocenters. The van der Waals surface area contributed by atoms with Crippen molar-refractivity contribution < 1.29 is 4.79 Å². The maximum atomic E-state index is 12.2. The fraction of sp³-hybridized carbons (Fsp3) is 0.824. The summed E-state index contributed by atoms with van der Waals surface area (Å²) >= 11 is 0. The lowest BCUT2D eigenvalue weighted by molar-refractivity contribution is -0.131. The summed E-state index contributed by atoms with van der Waals surface area (Å²) in [6, 6.07) is 0. The van der Waals surface area contributed by atoms with Crippen LogP contribution in [0.25, 0.3) is 0 Å². The van der Waals surface area contributed by atoms with Crippen molar-refractivity contribution in [1.29, 1.82) is 0 Å². The van der Waals surface area contributed by atoms with Gasteiger partial charge in [0, 0.05) is 11.8 Å². The number of hydrogen-bond acceptors (Lipinski definition) is 1. The van der Waals surface area contributed by atoms with Crippen LogP contribution in [0.1, 0.15) is 59.8 Å². The monoisotopic (exact) mass is 246 g/mol. The van der Waals surface area contributed by atoms with E-state index >= 15 is 0 Å². The second-order valence-electron chi connectivity index (χ2n) is 7.64. The van der Waals surface area contributed by atoms with Gasteiger partial charge in [0.15, 0.2) is 0 Å². The predicted octanol–water partition coefficient (Wildman–Crippen LogP) is 4.37. The summed E-state index contributed by atoms with van der Waals surface area (Å²) in [5.41, 5.74) is 1.93. The highest BCUT2D eigenvalue weighted by molar-refractivity contribution is 5.87. The standard InChI is InChI=1S/C17H26O/c1-11-5-6-12-13(16(11,2)3)9-10-17(4)14(12)7-8-15(17)18/h5,12-14H,6-10H2,1-4H3. The Morgan fingerprint density at radius 1 is 1.17 bits per heavy atom. The highest BCUT2D eigenvalue weighted by Crippen LogP contribution is 2.61. The summed E-state index contributed by atoms with van der Waals surface area (Å²) in [6.07, 6.45) is 8.05. The largest absolute Gasteiger partial charge is 0.299 e. The van der Waals surface area contributed by atoms with Gasteiger partial charge in [0.25, 0.3) is 0 Å². The molecule has 0 aromatic heterocycles. The second-order valence-corrected chi connectivity index (χ2v) is 7.64. The quantitative estimate of drug-likeness (QED) is 0.580. The van der Waals surface area contributed by atoms with Crippen LogP contribution in [0.3, 0.4) is 0 Å². The molecule has 0 N–H and O–H groups in total. The molecular weight excluding hydrogens is 220 g/mol. The average molecular weight is 246 g/mol. The predicted molar refractivity (Wildman–Crippen MR) is 74.2 cm³/mol. The fourth-order valence-corrected chi connectivity index (χ4v) is 5.15. The Balaban J connectivity index is 1.97. The highest BCUT2D eigenvalue weighted by Gasteiger charge is 2.56. The van der Waals surface area contributed by atoms with Crippen LogP contribution in [0.2, 0.25) is 0 Å². The Hall–Kier alpha value is -0.590. The molecule has 2 saturated carbocycles. The summed E-state index contributed by atoms with van der Waals surface area (Å²) in [5, 5.41) is 0. The van der Waals surface area contributed by atoms with E-state index in [-0.39, 0.29) is 5.41 Å². The van der Waals surface area contributed by atoms with Crippen LogP contribution in [0.15, 0.2) is 11.6 Å². The van der Waals surface area contributed by atoms with Gasteiger partial charge in [0.2, 0.25) is 0 Å². The minimum atomic E-state index is 0.0241. The van der Waals surface area contributed by atoms with Crippen molar-refractivity contribution in [3.63, 3.8) is 0 Å². The third-order valence-electron chi connectivity index (χ3n) is 6.79. The highest BCUT2D eigenvalue weighted by atomic mass is 16.1. The Morgan fingerprint density at radius 3 is 2.61 bits per heavy atom. The number of hydrogen-bond donors (Lipinski definition) is 0. The molecular formula is C17H26O. The van der Waals surface area contributed by atoms with Gasteiger partial charge in [0.05, 0.1) is 0 Å². The van der Waals surface area contributed by atoms with Crippen molar-refractivity contribution in [2.75, 3.05) is 0 Å². The van der Waals surface area contributed by atoms with Gasteiger partial charge in [-0.05, 0) is 55.8 Å². The molecule has 100 valence electrons. The number of fused-ring (bicyclic) bond motifs is 3. The molecule has 0 aliphatic heterocycles. The van der Waals surface area contributed by atoms with Crippen LogP contribution >= 0.6 is 0 Å². The molecule has 1 heteroatoms. The molecule has 0 aromatic carbocycles. The van der Waals surface area contributed by atoms with Gasteiger partial charge in [-0.3, -0.25) is 4.79 Å². The lowest BCUT2D eigenvalue weighted by Crippen LogP contribution is -2.47. The van der Waals surface area contributed by atoms with Crippen molar-refractivity contribution in [2.45, 2.75) is 59.8 Å². The van der Waals surface area contributed by atoms with Crippen LogP contribution in [0.4, 0.5) is 0 Å². The first-order chi connectivity index (χ1) is 8.37. The summed E-state index contributed by atoms with van der Waals surface area (Å²) in [5.74, 6) is 2.77. The van der Waals surface area contributed by atoms with Crippen molar-refractivity contribution in [3.8, 4) is 0 Å². The smallest absolute Gasteiger partial charge is 0.139 e. The normalized spacial score (nSPS) is 46.3. The summed E-state index contributed by atoms with van der Waals surface area (Å²) in [4.78, 5) is 12.2. The second kappa shape index (κ2) is 3.71. The Morgan fingerprint density at radius 2 is 1.89 bits per heavy atom. The van der Waals surface area contributed by atoms with Crippen LogP contribution in [0, 0.1) is 28.6 Å². The molecule has 0 bridgehead atoms. The van der Waals surface area contributed by atoms with Crippen LogP contribution in [-0.4, -0.2) is 5.78 Å². The van der Waals surface area contributed by atoms with E-state index in [0.29, 0.717) is 17.1 Å². The number of ketones is 1. The van der Waals surface area contributed by atoms with Gasteiger partial charge in [-0.15, -0.1) is 0 Å². The molecule has 2 fully saturated rings. The lowest BCUT2D eigenvalue weighted by Gasteiger charge is -2.53. The SMILES string of the molecule is CC1=CCC2C(CCC3(C)C(=O)CCC23)C1(C)C. The molecule has 0 radical (unpaired) electrons. The zero-order chi connectivity index (χ0) is 13.1. The van der Waals surface area contributed by atoms with Gasteiger partial charge >= 0.3 is 0 Å².